The molecule has 0 bridgehead atoms. The Bertz CT molecular complexity index is 678. The van der Waals surface area contributed by atoms with Crippen molar-refractivity contribution in [2.75, 3.05) is 19.6 Å². The van der Waals surface area contributed by atoms with Crippen LogP contribution in [0.5, 0.6) is 5.75 Å². The van der Waals surface area contributed by atoms with Gasteiger partial charge in [0.25, 0.3) is 5.69 Å². The number of nitro benzene ring substituents is 1. The quantitative estimate of drug-likeness (QED) is 0.367. The molecule has 2 aromatic rings. The minimum absolute atomic E-state index is 0.0107. The molecule has 0 N–H and O–H groups in total. The van der Waals surface area contributed by atoms with Crippen LogP contribution in [-0.4, -0.2) is 33.9 Å². The summed E-state index contributed by atoms with van der Waals surface area (Å²) in [6, 6.07) is 2.87. The van der Waals surface area contributed by atoms with Crippen molar-refractivity contribution < 1.29 is 9.66 Å². The average Bonchev–Trinajstić information content (AvgIpc) is 2.85. The predicted molar refractivity (Wildman–Crippen MR) is 87.0 cm³/mol. The van der Waals surface area contributed by atoms with Gasteiger partial charge in [-0.1, -0.05) is 11.3 Å². The normalized spacial score (nSPS) is 10.6. The Morgan fingerprint density at radius 1 is 1.45 bits per heavy atom. The summed E-state index contributed by atoms with van der Waals surface area (Å²) in [6.07, 6.45) is 3.88. The van der Waals surface area contributed by atoms with E-state index in [0.717, 1.165) is 4.38 Å². The molecule has 0 unspecified atom stereocenters. The molecule has 9 heteroatoms. The highest BCUT2D eigenvalue weighted by Gasteiger charge is 2.16. The van der Waals surface area contributed by atoms with Gasteiger partial charge < -0.3 is 4.74 Å². The molecule has 0 radical (unpaired) electrons. The number of benzene rings is 1. The molecule has 20 heavy (non-hydrogen) atoms. The van der Waals surface area contributed by atoms with Crippen molar-refractivity contribution in [2.45, 2.75) is 0 Å². The summed E-state index contributed by atoms with van der Waals surface area (Å²) < 4.78 is 6.75. The van der Waals surface area contributed by atoms with Gasteiger partial charge in [0.15, 0.2) is 5.75 Å². The summed E-state index contributed by atoms with van der Waals surface area (Å²) in [5.41, 5.74) is 0.590. The highest BCUT2D eigenvalue weighted by atomic mass is 32.2. The van der Waals surface area contributed by atoms with Gasteiger partial charge in [0.2, 0.25) is 5.13 Å². The Hall–Kier alpha value is -1.32. The summed E-state index contributed by atoms with van der Waals surface area (Å²) in [5, 5.41) is 11.5. The fraction of sp³-hybridized carbons (Fsp3) is 0.273. The Kier molecular flexibility index (Phi) is 4.84. The molecule has 106 valence electrons. The molecule has 1 heterocycles. The highest BCUT2D eigenvalue weighted by molar-refractivity contribution is 8.38. The second-order valence-corrected chi connectivity index (χ2v) is 6.39. The summed E-state index contributed by atoms with van der Waals surface area (Å²) in [7, 11) is 1.47. The number of nitro groups is 1. The average molecular weight is 329 g/mol. The van der Waals surface area contributed by atoms with E-state index in [-0.39, 0.29) is 5.69 Å². The minimum atomic E-state index is -0.445. The van der Waals surface area contributed by atoms with Gasteiger partial charge in [-0.15, -0.1) is 23.5 Å². The van der Waals surface area contributed by atoms with Crippen LogP contribution in [0.4, 0.5) is 10.8 Å². The van der Waals surface area contributed by atoms with Crippen molar-refractivity contribution in [3.63, 3.8) is 0 Å². The van der Waals surface area contributed by atoms with E-state index in [0.29, 0.717) is 21.1 Å². The number of ether oxygens (including phenoxy) is 1. The van der Waals surface area contributed by atoms with Crippen LogP contribution >= 0.6 is 34.9 Å². The van der Waals surface area contributed by atoms with E-state index >= 15 is 0 Å². The third kappa shape index (κ3) is 3.05. The minimum Gasteiger partial charge on any atom is -0.494 e. The summed E-state index contributed by atoms with van der Waals surface area (Å²) in [4.78, 5) is 19.2. The monoisotopic (exact) mass is 329 g/mol. The van der Waals surface area contributed by atoms with E-state index < -0.39 is 4.92 Å². The molecule has 0 fully saturated rings. The van der Waals surface area contributed by atoms with Crippen molar-refractivity contribution >= 4 is 60.3 Å². The van der Waals surface area contributed by atoms with Crippen molar-refractivity contribution in [2.24, 2.45) is 4.99 Å². The Morgan fingerprint density at radius 2 is 2.15 bits per heavy atom. The van der Waals surface area contributed by atoms with Gasteiger partial charge in [-0.05, 0) is 12.5 Å². The number of non-ortho nitro benzene ring substituents is 1. The number of methoxy groups -OCH3 is 1. The first-order chi connectivity index (χ1) is 9.58. The lowest BCUT2D eigenvalue weighted by molar-refractivity contribution is -0.384. The highest BCUT2D eigenvalue weighted by Crippen LogP contribution is 2.37. The molecule has 0 saturated carbocycles. The number of hydrogen-bond donors (Lipinski definition) is 0. The topological polar surface area (TPSA) is 77.6 Å². The van der Waals surface area contributed by atoms with Crippen molar-refractivity contribution in [3.05, 3.63) is 22.2 Å². The fourth-order valence-electron chi connectivity index (χ4n) is 1.53. The molecule has 1 aromatic carbocycles. The largest absolute Gasteiger partial charge is 0.494 e. The first kappa shape index (κ1) is 15.1. The maximum absolute atomic E-state index is 10.9. The third-order valence-electron chi connectivity index (χ3n) is 2.40. The molecule has 6 nitrogen and oxygen atoms in total. The fourth-order valence-corrected chi connectivity index (χ4v) is 3.57. The molecule has 0 aliphatic carbocycles. The van der Waals surface area contributed by atoms with Crippen molar-refractivity contribution in [1.29, 1.82) is 0 Å². The number of aliphatic imine (C=N–C) groups is 1. The number of aromatic nitrogens is 1. The standard InChI is InChI=1S/C11H11N3O3S3/c1-17-7-4-6(14(15)16)5-8-9(7)12-10(20-8)13-11(18-2)19-3/h4-5H,1-3H3. The van der Waals surface area contributed by atoms with Gasteiger partial charge >= 0.3 is 0 Å². The van der Waals surface area contributed by atoms with Crippen LogP contribution in [0.1, 0.15) is 0 Å². The van der Waals surface area contributed by atoms with Crippen LogP contribution in [0.15, 0.2) is 17.1 Å². The van der Waals surface area contributed by atoms with Gasteiger partial charge in [0, 0.05) is 6.07 Å². The van der Waals surface area contributed by atoms with E-state index in [1.165, 1.54) is 54.1 Å². The zero-order valence-corrected chi connectivity index (χ0v) is 13.4. The number of thiazole rings is 1. The van der Waals surface area contributed by atoms with Gasteiger partial charge in [0.1, 0.15) is 9.89 Å². The lowest BCUT2D eigenvalue weighted by Crippen LogP contribution is -1.90. The van der Waals surface area contributed by atoms with Crippen molar-refractivity contribution in [1.82, 2.24) is 4.98 Å². The number of hydrogen-bond acceptors (Lipinski definition) is 8. The van der Waals surface area contributed by atoms with E-state index in [4.69, 9.17) is 4.74 Å². The van der Waals surface area contributed by atoms with E-state index in [1.54, 1.807) is 0 Å². The van der Waals surface area contributed by atoms with Crippen LogP contribution in [0, 0.1) is 10.1 Å². The second-order valence-electron chi connectivity index (χ2n) is 3.53. The lowest BCUT2D eigenvalue weighted by Gasteiger charge is -1.99. The smallest absolute Gasteiger partial charge is 0.274 e. The van der Waals surface area contributed by atoms with Gasteiger partial charge in [0.05, 0.1) is 22.8 Å². The maximum atomic E-state index is 10.9. The molecular formula is C11H11N3O3S3. The SMILES string of the molecule is COc1cc([N+](=O)[O-])cc2sc(N=C(SC)SC)nc12. The zero-order chi connectivity index (χ0) is 14.7. The zero-order valence-electron chi connectivity index (χ0n) is 10.9. The molecule has 0 spiro atoms. The van der Waals surface area contributed by atoms with Gasteiger partial charge in [-0.25, -0.2) is 9.98 Å². The molecule has 0 aliphatic heterocycles. The van der Waals surface area contributed by atoms with Crippen LogP contribution in [0.3, 0.4) is 0 Å². The molecule has 0 atom stereocenters. The molecule has 0 amide bonds. The second kappa shape index (κ2) is 6.42. The van der Waals surface area contributed by atoms with Crippen LogP contribution in [0.25, 0.3) is 10.2 Å². The van der Waals surface area contributed by atoms with E-state index in [2.05, 4.69) is 9.98 Å². The Balaban J connectivity index is 2.58. The number of rotatable bonds is 3. The predicted octanol–water partition coefficient (Wildman–Crippen LogP) is 3.93. The van der Waals surface area contributed by atoms with Crippen LogP contribution in [-0.2, 0) is 0 Å². The first-order valence-corrected chi connectivity index (χ1v) is 8.65. The van der Waals surface area contributed by atoms with Crippen LogP contribution in [0.2, 0.25) is 0 Å². The van der Waals surface area contributed by atoms with Gasteiger partial charge in [-0.2, -0.15) is 0 Å². The van der Waals surface area contributed by atoms with Crippen molar-refractivity contribution in [3.8, 4) is 5.75 Å². The maximum Gasteiger partial charge on any atom is 0.274 e. The molecule has 0 saturated heterocycles. The number of thioether (sulfide) groups is 2. The van der Waals surface area contributed by atoms with Gasteiger partial charge in [-0.3, -0.25) is 10.1 Å². The first-order valence-electron chi connectivity index (χ1n) is 5.38. The Labute approximate surface area is 127 Å². The summed E-state index contributed by atoms with van der Waals surface area (Å²) in [6.45, 7) is 0. The molecular weight excluding hydrogens is 318 g/mol. The number of fused-ring (bicyclic) bond motifs is 1. The van der Waals surface area contributed by atoms with Crippen LogP contribution < -0.4 is 4.74 Å². The molecule has 1 aromatic heterocycles. The molecule has 0 aliphatic rings. The lowest BCUT2D eigenvalue weighted by atomic mass is 10.3. The third-order valence-corrected chi connectivity index (χ3v) is 5.18. The molecule has 2 rings (SSSR count). The summed E-state index contributed by atoms with van der Waals surface area (Å²) in [5.74, 6) is 0.391. The number of nitrogens with zero attached hydrogens (tertiary/aromatic N) is 3. The van der Waals surface area contributed by atoms with E-state index in [9.17, 15) is 10.1 Å². The Morgan fingerprint density at radius 3 is 2.70 bits per heavy atom. The van der Waals surface area contributed by atoms with E-state index in [1.807, 2.05) is 12.5 Å². The summed E-state index contributed by atoms with van der Waals surface area (Å²) >= 11 is 4.37.